The number of sulfonamides is 1. The molecule has 0 atom stereocenters. The maximum absolute atomic E-state index is 13.8. The lowest BCUT2D eigenvalue weighted by Crippen LogP contribution is -2.39. The summed E-state index contributed by atoms with van der Waals surface area (Å²) in [7, 11) is -2.79. The molecule has 0 saturated heterocycles. The summed E-state index contributed by atoms with van der Waals surface area (Å²) >= 11 is 6.21. The number of ether oxygens (including phenoxy) is 1. The molecule has 1 aliphatic carbocycles. The van der Waals surface area contributed by atoms with Gasteiger partial charge in [0.2, 0.25) is 5.91 Å². The molecule has 1 saturated carbocycles. The third kappa shape index (κ3) is 6.91. The Balaban J connectivity index is 1.63. The minimum absolute atomic E-state index is 0.00943. The quantitative estimate of drug-likeness (QED) is 0.351. The van der Waals surface area contributed by atoms with Crippen molar-refractivity contribution in [3.63, 3.8) is 0 Å². The van der Waals surface area contributed by atoms with E-state index in [1.165, 1.54) is 37.8 Å². The van der Waals surface area contributed by atoms with E-state index in [1.54, 1.807) is 42.5 Å². The average Bonchev–Trinajstić information content (AvgIpc) is 2.92. The van der Waals surface area contributed by atoms with Crippen molar-refractivity contribution in [2.45, 2.75) is 50.0 Å². The Hall–Kier alpha value is -3.56. The number of nitrogens with one attached hydrogen (secondary N) is 2. The minimum atomic E-state index is -4.20. The highest BCUT2D eigenvalue weighted by Gasteiger charge is 2.30. The number of rotatable bonds is 9. The average molecular weight is 570 g/mol. The van der Waals surface area contributed by atoms with Crippen molar-refractivity contribution in [2.75, 3.05) is 23.3 Å². The Bertz CT molecular complexity index is 1440. The summed E-state index contributed by atoms with van der Waals surface area (Å²) in [6, 6.07) is 17.6. The summed E-state index contributed by atoms with van der Waals surface area (Å²) in [5, 5.41) is 6.07. The van der Waals surface area contributed by atoms with Crippen LogP contribution >= 0.6 is 11.6 Å². The van der Waals surface area contributed by atoms with E-state index in [1.807, 2.05) is 6.92 Å². The summed E-state index contributed by atoms with van der Waals surface area (Å²) in [6.45, 7) is 1.27. The molecule has 1 fully saturated rings. The molecule has 0 aliphatic heterocycles. The lowest BCUT2D eigenvalue weighted by atomic mass is 9.95. The van der Waals surface area contributed by atoms with Gasteiger partial charge in [-0.3, -0.25) is 13.9 Å². The number of carbonyl (C=O) groups excluding carboxylic acids is 2. The fourth-order valence-corrected chi connectivity index (χ4v) is 6.21. The smallest absolute Gasteiger partial charge is 0.264 e. The second kappa shape index (κ2) is 12.5. The van der Waals surface area contributed by atoms with Gasteiger partial charge in [-0.25, -0.2) is 8.42 Å². The molecule has 1 aliphatic rings. The number of carbonyl (C=O) groups is 2. The normalized spacial score (nSPS) is 13.9. The molecule has 0 aromatic heterocycles. The molecule has 0 heterocycles. The van der Waals surface area contributed by atoms with Gasteiger partial charge in [0.05, 0.1) is 28.9 Å². The van der Waals surface area contributed by atoms with Gasteiger partial charge in [0.25, 0.3) is 15.9 Å². The fourth-order valence-electron chi connectivity index (χ4n) is 4.62. The first-order valence-corrected chi connectivity index (χ1v) is 14.6. The Morgan fingerprint density at radius 2 is 1.69 bits per heavy atom. The molecule has 3 aromatic rings. The first-order valence-electron chi connectivity index (χ1n) is 12.8. The summed E-state index contributed by atoms with van der Waals surface area (Å²) in [6.07, 6.45) is 5.16. The summed E-state index contributed by atoms with van der Waals surface area (Å²) < 4.78 is 33.9. The van der Waals surface area contributed by atoms with E-state index >= 15 is 0 Å². The lowest BCUT2D eigenvalue weighted by Gasteiger charge is -2.26. The van der Waals surface area contributed by atoms with Crippen molar-refractivity contribution in [1.82, 2.24) is 5.32 Å². The van der Waals surface area contributed by atoms with Crippen LogP contribution in [0.3, 0.4) is 0 Å². The lowest BCUT2D eigenvalue weighted by molar-refractivity contribution is -0.114. The first kappa shape index (κ1) is 28.4. The zero-order valence-corrected chi connectivity index (χ0v) is 23.5. The molecule has 3 aromatic carbocycles. The molecule has 0 unspecified atom stereocenters. The van der Waals surface area contributed by atoms with E-state index in [-0.39, 0.29) is 33.3 Å². The van der Waals surface area contributed by atoms with Crippen molar-refractivity contribution in [3.8, 4) is 5.75 Å². The van der Waals surface area contributed by atoms with Gasteiger partial charge >= 0.3 is 0 Å². The van der Waals surface area contributed by atoms with E-state index in [2.05, 4.69) is 10.6 Å². The van der Waals surface area contributed by atoms with Gasteiger partial charge < -0.3 is 15.4 Å². The molecule has 0 radical (unpaired) electrons. The van der Waals surface area contributed by atoms with Gasteiger partial charge in [-0.1, -0.05) is 60.7 Å². The van der Waals surface area contributed by atoms with Gasteiger partial charge in [0.15, 0.2) is 0 Å². The van der Waals surface area contributed by atoms with Crippen molar-refractivity contribution in [1.29, 1.82) is 0 Å². The molecule has 4 rings (SSSR count). The van der Waals surface area contributed by atoms with Crippen LogP contribution in [0.5, 0.6) is 5.75 Å². The van der Waals surface area contributed by atoms with Crippen LogP contribution in [0, 0.1) is 6.92 Å². The molecule has 10 heteroatoms. The van der Waals surface area contributed by atoms with Crippen molar-refractivity contribution in [3.05, 3.63) is 82.9 Å². The Morgan fingerprint density at radius 1 is 1.00 bits per heavy atom. The number of anilines is 2. The Labute approximate surface area is 234 Å². The predicted octanol–water partition coefficient (Wildman–Crippen LogP) is 5.55. The summed E-state index contributed by atoms with van der Waals surface area (Å²) in [5.41, 5.74) is 1.61. The van der Waals surface area contributed by atoms with Crippen LogP contribution in [0.15, 0.2) is 71.6 Å². The minimum Gasteiger partial charge on any atom is -0.495 e. The molecule has 39 heavy (non-hydrogen) atoms. The second-order valence-electron chi connectivity index (χ2n) is 9.54. The third-order valence-corrected chi connectivity index (χ3v) is 8.70. The van der Waals surface area contributed by atoms with Crippen LogP contribution < -0.4 is 19.7 Å². The third-order valence-electron chi connectivity index (χ3n) is 6.69. The molecule has 206 valence electrons. The van der Waals surface area contributed by atoms with Crippen LogP contribution in [0.2, 0.25) is 5.02 Å². The number of halogens is 1. The monoisotopic (exact) mass is 569 g/mol. The topological polar surface area (TPSA) is 105 Å². The van der Waals surface area contributed by atoms with Crippen molar-refractivity contribution in [2.24, 2.45) is 0 Å². The van der Waals surface area contributed by atoms with Gasteiger partial charge in [0, 0.05) is 11.1 Å². The van der Waals surface area contributed by atoms with E-state index in [9.17, 15) is 18.0 Å². The number of nitrogens with zero attached hydrogens (tertiary/aromatic N) is 1. The summed E-state index contributed by atoms with van der Waals surface area (Å²) in [4.78, 5) is 26.4. The van der Waals surface area contributed by atoms with Crippen LogP contribution in [-0.4, -0.2) is 39.9 Å². The van der Waals surface area contributed by atoms with E-state index in [0.29, 0.717) is 11.3 Å². The number of benzene rings is 3. The number of hydrogen-bond acceptors (Lipinski definition) is 5. The van der Waals surface area contributed by atoms with E-state index in [4.69, 9.17) is 16.3 Å². The van der Waals surface area contributed by atoms with Crippen LogP contribution in [-0.2, 0) is 14.8 Å². The van der Waals surface area contributed by atoms with E-state index < -0.39 is 22.5 Å². The highest BCUT2D eigenvalue weighted by Crippen LogP contribution is 2.35. The SMILES string of the molecule is COc1ccc(Cl)cc1N(CC(=O)Nc1ccccc1C(=O)NC1CCCCC1)S(=O)(=O)c1ccc(C)cc1. The molecule has 2 N–H and O–H groups in total. The highest BCUT2D eigenvalue weighted by atomic mass is 35.5. The summed E-state index contributed by atoms with van der Waals surface area (Å²) in [5.74, 6) is -0.681. The largest absolute Gasteiger partial charge is 0.495 e. The van der Waals surface area contributed by atoms with Gasteiger partial charge in [-0.05, 0) is 62.2 Å². The van der Waals surface area contributed by atoms with E-state index in [0.717, 1.165) is 35.6 Å². The fraction of sp³-hybridized carbons (Fsp3) is 0.310. The number of methoxy groups -OCH3 is 1. The number of para-hydroxylation sites is 1. The molecule has 0 spiro atoms. The van der Waals surface area contributed by atoms with Crippen LogP contribution in [0.25, 0.3) is 0 Å². The van der Waals surface area contributed by atoms with Crippen molar-refractivity contribution >= 4 is 44.8 Å². The molecule has 8 nitrogen and oxygen atoms in total. The predicted molar refractivity (Wildman–Crippen MR) is 153 cm³/mol. The van der Waals surface area contributed by atoms with Gasteiger partial charge in [0.1, 0.15) is 12.3 Å². The molecular formula is C29H32ClN3O5S. The van der Waals surface area contributed by atoms with Gasteiger partial charge in [-0.2, -0.15) is 0 Å². The zero-order chi connectivity index (χ0) is 28.0. The molecule has 2 amide bonds. The maximum Gasteiger partial charge on any atom is 0.264 e. The maximum atomic E-state index is 13.8. The highest BCUT2D eigenvalue weighted by molar-refractivity contribution is 7.92. The first-order chi connectivity index (χ1) is 18.7. The Kier molecular flexibility index (Phi) is 9.14. The number of hydrogen-bond donors (Lipinski definition) is 2. The standard InChI is InChI=1S/C29H32ClN3O5S/c1-20-12-15-23(16-13-20)39(36,37)33(26-18-21(30)14-17-27(26)38-2)19-28(34)32-25-11-7-6-10-24(25)29(35)31-22-8-4-3-5-9-22/h6-7,10-18,22H,3-5,8-9,19H2,1-2H3,(H,31,35)(H,32,34). The van der Waals surface area contributed by atoms with Crippen molar-refractivity contribution < 1.29 is 22.7 Å². The number of amides is 2. The molecular weight excluding hydrogens is 538 g/mol. The second-order valence-corrected chi connectivity index (χ2v) is 11.8. The zero-order valence-electron chi connectivity index (χ0n) is 21.9. The molecule has 0 bridgehead atoms. The van der Waals surface area contributed by atoms with Gasteiger partial charge in [-0.15, -0.1) is 0 Å². The van der Waals surface area contributed by atoms with Crippen LogP contribution in [0.1, 0.15) is 48.0 Å². The van der Waals surface area contributed by atoms with Crippen LogP contribution in [0.4, 0.5) is 11.4 Å². The Morgan fingerprint density at radius 3 is 2.38 bits per heavy atom. The number of aryl methyl sites for hydroxylation is 1.